The molecule has 3 N–H and O–H groups in total. The first-order chi connectivity index (χ1) is 10.5. The second-order valence-corrected chi connectivity index (χ2v) is 6.52. The summed E-state index contributed by atoms with van der Waals surface area (Å²) in [5.74, 6) is 0.789. The third-order valence-electron chi connectivity index (χ3n) is 3.15. The van der Waals surface area contributed by atoms with Crippen molar-refractivity contribution in [3.63, 3.8) is 0 Å². The largest absolute Gasteiger partial charge is 0.494 e. The molecule has 118 valence electrons. The number of sulfonamides is 1. The Hall–Kier alpha value is -2.05. The second kappa shape index (κ2) is 7.29. The highest BCUT2D eigenvalue weighted by atomic mass is 32.2. The molecule has 6 heteroatoms. The van der Waals surface area contributed by atoms with Crippen LogP contribution in [0.1, 0.15) is 12.5 Å². The van der Waals surface area contributed by atoms with Gasteiger partial charge < -0.3 is 10.5 Å². The Balaban J connectivity index is 2.00. The van der Waals surface area contributed by atoms with Gasteiger partial charge in [0.2, 0.25) is 10.0 Å². The molecule has 22 heavy (non-hydrogen) atoms. The van der Waals surface area contributed by atoms with Crippen LogP contribution in [-0.2, 0) is 16.4 Å². The maximum atomic E-state index is 12.2. The topological polar surface area (TPSA) is 81.4 Å². The molecule has 0 atom stereocenters. The Kier molecular flexibility index (Phi) is 5.41. The zero-order valence-electron chi connectivity index (χ0n) is 12.5. The Morgan fingerprint density at radius 1 is 1.09 bits per heavy atom. The molecular weight excluding hydrogens is 300 g/mol. The summed E-state index contributed by atoms with van der Waals surface area (Å²) in [6.45, 7) is 2.80. The van der Waals surface area contributed by atoms with E-state index >= 15 is 0 Å². The van der Waals surface area contributed by atoms with E-state index in [4.69, 9.17) is 10.5 Å². The lowest BCUT2D eigenvalue weighted by Crippen LogP contribution is -2.26. The van der Waals surface area contributed by atoms with Crippen molar-refractivity contribution in [2.45, 2.75) is 18.2 Å². The molecule has 0 bridgehead atoms. The summed E-state index contributed by atoms with van der Waals surface area (Å²) >= 11 is 0. The van der Waals surface area contributed by atoms with E-state index in [0.717, 1.165) is 11.3 Å². The summed E-state index contributed by atoms with van der Waals surface area (Å²) in [5.41, 5.74) is 7.07. The van der Waals surface area contributed by atoms with Crippen LogP contribution >= 0.6 is 0 Å². The lowest BCUT2D eigenvalue weighted by atomic mass is 10.1. The van der Waals surface area contributed by atoms with E-state index in [9.17, 15) is 8.42 Å². The molecule has 0 radical (unpaired) electrons. The van der Waals surface area contributed by atoms with E-state index in [0.29, 0.717) is 25.3 Å². The molecule has 5 nitrogen and oxygen atoms in total. The summed E-state index contributed by atoms with van der Waals surface area (Å²) in [6, 6.07) is 13.7. The van der Waals surface area contributed by atoms with Crippen molar-refractivity contribution < 1.29 is 13.2 Å². The number of nitrogens with two attached hydrogens (primary N) is 1. The van der Waals surface area contributed by atoms with E-state index in [-0.39, 0.29) is 4.90 Å². The van der Waals surface area contributed by atoms with Gasteiger partial charge >= 0.3 is 0 Å². The summed E-state index contributed by atoms with van der Waals surface area (Å²) in [6.07, 6.45) is 0.560. The Bertz CT molecular complexity index is 712. The second-order valence-electron chi connectivity index (χ2n) is 4.76. The van der Waals surface area contributed by atoms with Gasteiger partial charge in [0, 0.05) is 12.2 Å². The molecule has 0 aliphatic carbocycles. The van der Waals surface area contributed by atoms with Gasteiger partial charge in [-0.25, -0.2) is 13.1 Å². The van der Waals surface area contributed by atoms with Gasteiger partial charge in [0.25, 0.3) is 0 Å². The van der Waals surface area contributed by atoms with Crippen LogP contribution in [0, 0.1) is 0 Å². The lowest BCUT2D eigenvalue weighted by Gasteiger charge is -2.11. The first-order valence-electron chi connectivity index (χ1n) is 7.09. The van der Waals surface area contributed by atoms with Crippen LogP contribution in [0.15, 0.2) is 53.4 Å². The van der Waals surface area contributed by atoms with E-state index in [2.05, 4.69) is 4.72 Å². The average Bonchev–Trinajstić information content (AvgIpc) is 2.49. The Morgan fingerprint density at radius 3 is 2.45 bits per heavy atom. The van der Waals surface area contributed by atoms with Gasteiger partial charge in [-0.05, 0) is 49.2 Å². The van der Waals surface area contributed by atoms with Gasteiger partial charge in [-0.1, -0.05) is 18.2 Å². The van der Waals surface area contributed by atoms with Crippen LogP contribution in [0.4, 0.5) is 5.69 Å². The molecule has 2 aromatic carbocycles. The number of nitrogens with one attached hydrogen (secondary N) is 1. The van der Waals surface area contributed by atoms with Crippen molar-refractivity contribution in [3.8, 4) is 5.75 Å². The van der Waals surface area contributed by atoms with Gasteiger partial charge in [-0.2, -0.15) is 0 Å². The molecule has 0 saturated carbocycles. The molecule has 0 saturated heterocycles. The number of hydrogen-bond donors (Lipinski definition) is 2. The zero-order valence-corrected chi connectivity index (χ0v) is 13.3. The molecule has 0 fully saturated rings. The maximum Gasteiger partial charge on any atom is 0.240 e. The predicted octanol–water partition coefficient (Wildman–Crippen LogP) is 2.19. The number of rotatable bonds is 7. The highest BCUT2D eigenvalue weighted by Gasteiger charge is 2.13. The van der Waals surface area contributed by atoms with Crippen LogP contribution in [0.2, 0.25) is 0 Å². The molecule has 0 spiro atoms. The van der Waals surface area contributed by atoms with Crippen LogP contribution in [0.5, 0.6) is 5.75 Å². The van der Waals surface area contributed by atoms with E-state index < -0.39 is 10.0 Å². The zero-order chi connectivity index (χ0) is 16.0. The van der Waals surface area contributed by atoms with Crippen molar-refractivity contribution in [1.29, 1.82) is 0 Å². The molecular formula is C16H20N2O3S. The van der Waals surface area contributed by atoms with Crippen LogP contribution < -0.4 is 15.2 Å². The number of nitrogen functional groups attached to an aromatic ring is 1. The molecule has 0 heterocycles. The quantitative estimate of drug-likeness (QED) is 0.766. The van der Waals surface area contributed by atoms with E-state index in [1.165, 1.54) is 12.1 Å². The lowest BCUT2D eigenvalue weighted by molar-refractivity contribution is 0.336. The molecule has 2 aromatic rings. The summed E-state index contributed by atoms with van der Waals surface area (Å²) in [5, 5.41) is 0. The fraction of sp³-hybridized carbons (Fsp3) is 0.250. The highest BCUT2D eigenvalue weighted by molar-refractivity contribution is 7.89. The number of ether oxygens (including phenoxy) is 1. The van der Waals surface area contributed by atoms with Crippen molar-refractivity contribution >= 4 is 15.7 Å². The van der Waals surface area contributed by atoms with Crippen molar-refractivity contribution in [2.75, 3.05) is 18.9 Å². The predicted molar refractivity (Wildman–Crippen MR) is 87.4 cm³/mol. The van der Waals surface area contributed by atoms with Gasteiger partial charge in [0.15, 0.2) is 0 Å². The third-order valence-corrected chi connectivity index (χ3v) is 4.63. The number of benzene rings is 2. The van der Waals surface area contributed by atoms with Gasteiger partial charge in [-0.15, -0.1) is 0 Å². The minimum absolute atomic E-state index is 0.208. The molecule has 0 unspecified atom stereocenters. The smallest absolute Gasteiger partial charge is 0.240 e. The molecule has 0 amide bonds. The van der Waals surface area contributed by atoms with Crippen LogP contribution in [-0.4, -0.2) is 21.6 Å². The molecule has 0 aliphatic heterocycles. The maximum absolute atomic E-state index is 12.2. The van der Waals surface area contributed by atoms with Gasteiger partial charge in [0.1, 0.15) is 5.75 Å². The number of anilines is 1. The molecule has 2 rings (SSSR count). The molecule has 0 aromatic heterocycles. The van der Waals surface area contributed by atoms with Crippen molar-refractivity contribution in [3.05, 3.63) is 54.1 Å². The SMILES string of the molecule is CCOc1ccccc1CCNS(=O)(=O)c1ccc(N)cc1. The minimum atomic E-state index is -3.52. The van der Waals surface area contributed by atoms with Gasteiger partial charge in [0.05, 0.1) is 11.5 Å². The third kappa shape index (κ3) is 4.22. The average molecular weight is 320 g/mol. The first kappa shape index (κ1) is 16.3. The molecule has 0 aliphatic rings. The number of hydrogen-bond acceptors (Lipinski definition) is 4. The van der Waals surface area contributed by atoms with E-state index in [1.54, 1.807) is 12.1 Å². The fourth-order valence-corrected chi connectivity index (χ4v) is 3.09. The minimum Gasteiger partial charge on any atom is -0.494 e. The van der Waals surface area contributed by atoms with E-state index in [1.807, 2.05) is 31.2 Å². The normalized spacial score (nSPS) is 11.3. The Morgan fingerprint density at radius 2 is 1.77 bits per heavy atom. The standard InChI is InChI=1S/C16H20N2O3S/c1-2-21-16-6-4-3-5-13(16)11-12-18-22(19,20)15-9-7-14(17)8-10-15/h3-10,18H,2,11-12,17H2,1H3. The summed E-state index contributed by atoms with van der Waals surface area (Å²) < 4.78 is 32.4. The summed E-state index contributed by atoms with van der Waals surface area (Å²) in [7, 11) is -3.52. The summed E-state index contributed by atoms with van der Waals surface area (Å²) in [4.78, 5) is 0.208. The Labute approximate surface area is 131 Å². The van der Waals surface area contributed by atoms with Crippen molar-refractivity contribution in [1.82, 2.24) is 4.72 Å². The van der Waals surface area contributed by atoms with Crippen LogP contribution in [0.3, 0.4) is 0 Å². The monoisotopic (exact) mass is 320 g/mol. The highest BCUT2D eigenvalue weighted by Crippen LogP contribution is 2.18. The number of para-hydroxylation sites is 1. The van der Waals surface area contributed by atoms with Crippen LogP contribution in [0.25, 0.3) is 0 Å². The van der Waals surface area contributed by atoms with Crippen molar-refractivity contribution in [2.24, 2.45) is 0 Å². The van der Waals surface area contributed by atoms with Gasteiger partial charge in [-0.3, -0.25) is 0 Å². The fourth-order valence-electron chi connectivity index (χ4n) is 2.06. The first-order valence-corrected chi connectivity index (χ1v) is 8.57.